The van der Waals surface area contributed by atoms with Gasteiger partial charge in [0.2, 0.25) is 0 Å². The van der Waals surface area contributed by atoms with E-state index in [2.05, 4.69) is 26.2 Å². The number of pyridine rings is 1. The number of hydrogen-bond acceptors (Lipinski definition) is 2. The summed E-state index contributed by atoms with van der Waals surface area (Å²) in [6.07, 6.45) is 1.62. The van der Waals surface area contributed by atoms with Crippen LogP contribution in [0.4, 0.5) is 0 Å². The van der Waals surface area contributed by atoms with Gasteiger partial charge >= 0.3 is 0 Å². The molecule has 0 atom stereocenters. The Labute approximate surface area is 79.3 Å². The zero-order chi connectivity index (χ0) is 9.14. The molecule has 4 heteroatoms. The zero-order valence-corrected chi connectivity index (χ0v) is 8.47. The van der Waals surface area contributed by atoms with Crippen molar-refractivity contribution in [2.75, 3.05) is 7.05 Å². The summed E-state index contributed by atoms with van der Waals surface area (Å²) in [7, 11) is 1.60. The van der Waals surface area contributed by atoms with Gasteiger partial charge in [0.15, 0.2) is 0 Å². The molecule has 1 aromatic heterocycles. The highest BCUT2D eigenvalue weighted by Crippen LogP contribution is 2.15. The molecule has 1 N–H and O–H groups in total. The largest absolute Gasteiger partial charge is 0.355 e. The SMILES string of the molecule is CNC(=O)c1cc(C)ncc1Br. The topological polar surface area (TPSA) is 42.0 Å². The monoisotopic (exact) mass is 228 g/mol. The van der Waals surface area contributed by atoms with Crippen molar-refractivity contribution in [3.05, 3.63) is 28.0 Å². The summed E-state index contributed by atoms with van der Waals surface area (Å²) in [4.78, 5) is 15.2. The molecule has 64 valence electrons. The number of carbonyl (C=O) groups is 1. The van der Waals surface area contributed by atoms with Crippen molar-refractivity contribution in [2.45, 2.75) is 6.92 Å². The average Bonchev–Trinajstić information content (AvgIpc) is 2.08. The third kappa shape index (κ3) is 1.82. The lowest BCUT2D eigenvalue weighted by atomic mass is 10.2. The van der Waals surface area contributed by atoms with Crippen LogP contribution < -0.4 is 5.32 Å². The number of rotatable bonds is 1. The predicted octanol–water partition coefficient (Wildman–Crippen LogP) is 1.51. The lowest BCUT2D eigenvalue weighted by molar-refractivity contribution is 0.0962. The molecule has 3 nitrogen and oxygen atoms in total. The van der Waals surface area contributed by atoms with E-state index in [4.69, 9.17) is 0 Å². The standard InChI is InChI=1S/C8H9BrN2O/c1-5-3-6(8(12)10-2)7(9)4-11-5/h3-4H,1-2H3,(H,10,12). The molecule has 0 saturated heterocycles. The molecule has 12 heavy (non-hydrogen) atoms. The van der Waals surface area contributed by atoms with Crippen LogP contribution in [0.2, 0.25) is 0 Å². The quantitative estimate of drug-likeness (QED) is 0.793. The van der Waals surface area contributed by atoms with E-state index < -0.39 is 0 Å². The molecule has 0 fully saturated rings. The van der Waals surface area contributed by atoms with E-state index in [0.29, 0.717) is 10.0 Å². The normalized spacial score (nSPS) is 9.58. The fraction of sp³-hybridized carbons (Fsp3) is 0.250. The zero-order valence-electron chi connectivity index (χ0n) is 6.89. The Kier molecular flexibility index (Phi) is 2.81. The maximum Gasteiger partial charge on any atom is 0.252 e. The lowest BCUT2D eigenvalue weighted by Crippen LogP contribution is -2.18. The molecule has 0 radical (unpaired) electrons. The van der Waals surface area contributed by atoms with Crippen molar-refractivity contribution in [1.29, 1.82) is 0 Å². The molecule has 0 aromatic carbocycles. The van der Waals surface area contributed by atoms with Crippen molar-refractivity contribution >= 4 is 21.8 Å². The van der Waals surface area contributed by atoms with Crippen LogP contribution in [0.15, 0.2) is 16.7 Å². The highest BCUT2D eigenvalue weighted by atomic mass is 79.9. The van der Waals surface area contributed by atoms with Gasteiger partial charge in [-0.2, -0.15) is 0 Å². The number of carbonyl (C=O) groups excluding carboxylic acids is 1. The number of nitrogens with zero attached hydrogens (tertiary/aromatic N) is 1. The molecule has 0 aliphatic carbocycles. The maximum atomic E-state index is 11.2. The molecule has 1 amide bonds. The van der Waals surface area contributed by atoms with E-state index in [-0.39, 0.29) is 5.91 Å². The van der Waals surface area contributed by atoms with Gasteiger partial charge in [-0.25, -0.2) is 0 Å². The third-order valence-corrected chi connectivity index (χ3v) is 2.10. The minimum Gasteiger partial charge on any atom is -0.355 e. The number of aromatic nitrogens is 1. The van der Waals surface area contributed by atoms with E-state index in [0.717, 1.165) is 5.69 Å². The number of hydrogen-bond donors (Lipinski definition) is 1. The molecule has 0 aliphatic rings. The first-order chi connectivity index (χ1) is 5.65. The van der Waals surface area contributed by atoms with Crippen LogP contribution in [0, 0.1) is 6.92 Å². The highest BCUT2D eigenvalue weighted by Gasteiger charge is 2.07. The van der Waals surface area contributed by atoms with Crippen LogP contribution in [0.5, 0.6) is 0 Å². The first-order valence-electron chi connectivity index (χ1n) is 3.49. The summed E-state index contributed by atoms with van der Waals surface area (Å²) in [6, 6.07) is 1.74. The van der Waals surface area contributed by atoms with Crippen molar-refractivity contribution in [1.82, 2.24) is 10.3 Å². The molecule has 0 aliphatic heterocycles. The Morgan fingerprint density at radius 3 is 2.92 bits per heavy atom. The van der Waals surface area contributed by atoms with Crippen molar-refractivity contribution in [2.24, 2.45) is 0 Å². The van der Waals surface area contributed by atoms with Gasteiger partial charge in [-0.05, 0) is 28.9 Å². The van der Waals surface area contributed by atoms with Crippen LogP contribution in [-0.2, 0) is 0 Å². The Balaban J connectivity index is 3.13. The van der Waals surface area contributed by atoms with Gasteiger partial charge in [0, 0.05) is 23.4 Å². The average molecular weight is 229 g/mol. The van der Waals surface area contributed by atoms with E-state index in [1.165, 1.54) is 0 Å². The summed E-state index contributed by atoms with van der Waals surface area (Å²) >= 11 is 3.25. The van der Waals surface area contributed by atoms with Crippen LogP contribution in [0.3, 0.4) is 0 Å². The Hall–Kier alpha value is -0.900. The highest BCUT2D eigenvalue weighted by molar-refractivity contribution is 9.10. The van der Waals surface area contributed by atoms with Crippen LogP contribution in [0.1, 0.15) is 16.1 Å². The molecule has 1 aromatic rings. The van der Waals surface area contributed by atoms with Gasteiger partial charge < -0.3 is 5.32 Å². The Morgan fingerprint density at radius 2 is 2.33 bits per heavy atom. The maximum absolute atomic E-state index is 11.2. The summed E-state index contributed by atoms with van der Waals surface area (Å²) in [6.45, 7) is 1.85. The molecule has 0 saturated carbocycles. The van der Waals surface area contributed by atoms with E-state index in [9.17, 15) is 4.79 Å². The van der Waals surface area contributed by atoms with Gasteiger partial charge in [-0.15, -0.1) is 0 Å². The van der Waals surface area contributed by atoms with Gasteiger partial charge in [-0.3, -0.25) is 9.78 Å². The summed E-state index contributed by atoms with van der Waals surface area (Å²) in [5.41, 5.74) is 1.45. The van der Waals surface area contributed by atoms with E-state index in [1.807, 2.05) is 6.92 Å². The second kappa shape index (κ2) is 3.67. The predicted molar refractivity (Wildman–Crippen MR) is 50.1 cm³/mol. The number of aryl methyl sites for hydroxylation is 1. The minimum atomic E-state index is -0.104. The van der Waals surface area contributed by atoms with E-state index in [1.54, 1.807) is 19.3 Å². The number of nitrogens with one attached hydrogen (secondary N) is 1. The van der Waals surface area contributed by atoms with Crippen LogP contribution >= 0.6 is 15.9 Å². The lowest BCUT2D eigenvalue weighted by Gasteiger charge is -2.02. The Morgan fingerprint density at radius 1 is 1.67 bits per heavy atom. The number of amides is 1. The van der Waals surface area contributed by atoms with Gasteiger partial charge in [0.1, 0.15) is 0 Å². The molecule has 0 bridgehead atoms. The number of halogens is 1. The first kappa shape index (κ1) is 9.19. The molecular formula is C8H9BrN2O. The molecule has 1 heterocycles. The molecule has 0 unspecified atom stereocenters. The minimum absolute atomic E-state index is 0.104. The summed E-state index contributed by atoms with van der Waals surface area (Å²) < 4.78 is 0.715. The van der Waals surface area contributed by atoms with Crippen LogP contribution in [0.25, 0.3) is 0 Å². The fourth-order valence-corrected chi connectivity index (χ4v) is 1.25. The van der Waals surface area contributed by atoms with E-state index >= 15 is 0 Å². The van der Waals surface area contributed by atoms with Gasteiger partial charge in [0.25, 0.3) is 5.91 Å². The van der Waals surface area contributed by atoms with Crippen LogP contribution in [-0.4, -0.2) is 17.9 Å². The second-order valence-corrected chi connectivity index (χ2v) is 3.24. The van der Waals surface area contributed by atoms with Gasteiger partial charge in [0.05, 0.1) is 5.56 Å². The smallest absolute Gasteiger partial charge is 0.252 e. The second-order valence-electron chi connectivity index (χ2n) is 2.38. The fourth-order valence-electron chi connectivity index (χ4n) is 0.852. The Bertz CT molecular complexity index is 312. The first-order valence-corrected chi connectivity index (χ1v) is 4.28. The summed E-state index contributed by atoms with van der Waals surface area (Å²) in [5, 5.41) is 2.55. The third-order valence-electron chi connectivity index (χ3n) is 1.46. The van der Waals surface area contributed by atoms with Gasteiger partial charge in [-0.1, -0.05) is 0 Å². The van der Waals surface area contributed by atoms with Crippen molar-refractivity contribution < 1.29 is 4.79 Å². The van der Waals surface area contributed by atoms with Crippen molar-refractivity contribution in [3.63, 3.8) is 0 Å². The summed E-state index contributed by atoms with van der Waals surface area (Å²) in [5.74, 6) is -0.104. The van der Waals surface area contributed by atoms with Crippen molar-refractivity contribution in [3.8, 4) is 0 Å². The molecule has 0 spiro atoms. The molecule has 1 rings (SSSR count). The molecular weight excluding hydrogens is 220 g/mol.